The van der Waals surface area contributed by atoms with Crippen molar-refractivity contribution in [2.24, 2.45) is 0 Å². The summed E-state index contributed by atoms with van der Waals surface area (Å²) in [5.41, 5.74) is 1.41. The van der Waals surface area contributed by atoms with Crippen LogP contribution in [0.25, 0.3) is 17.3 Å². The Balaban J connectivity index is 1.58. The Labute approximate surface area is 126 Å². The van der Waals surface area contributed by atoms with Crippen LogP contribution in [-0.2, 0) is 4.74 Å². The molecular formula is C14H14N6O2. The van der Waals surface area contributed by atoms with Gasteiger partial charge in [-0.1, -0.05) is 23.4 Å². The third-order valence-electron chi connectivity index (χ3n) is 3.37. The lowest BCUT2D eigenvalue weighted by Crippen LogP contribution is -2.35. The number of para-hydroxylation sites is 1. The topological polar surface area (TPSA) is 90.9 Å². The van der Waals surface area contributed by atoms with Crippen LogP contribution < -0.4 is 5.32 Å². The van der Waals surface area contributed by atoms with Crippen LogP contribution in [0.3, 0.4) is 0 Å². The number of hydrogen-bond acceptors (Lipinski definition) is 7. The number of benzene rings is 1. The minimum Gasteiger partial charge on any atom is -0.378 e. The van der Waals surface area contributed by atoms with Gasteiger partial charge in [0.2, 0.25) is 0 Å². The fourth-order valence-corrected chi connectivity index (χ4v) is 2.26. The van der Waals surface area contributed by atoms with E-state index in [1.165, 1.54) is 4.80 Å². The predicted molar refractivity (Wildman–Crippen MR) is 76.2 cm³/mol. The summed E-state index contributed by atoms with van der Waals surface area (Å²) in [5.74, 6) is 0.925. The van der Waals surface area contributed by atoms with Crippen molar-refractivity contribution >= 4 is 0 Å². The van der Waals surface area contributed by atoms with Crippen LogP contribution in [0.2, 0.25) is 0 Å². The molecule has 8 nitrogen and oxygen atoms in total. The van der Waals surface area contributed by atoms with E-state index in [-0.39, 0.29) is 6.04 Å². The Morgan fingerprint density at radius 3 is 2.95 bits per heavy atom. The monoisotopic (exact) mass is 298 g/mol. The van der Waals surface area contributed by atoms with Crippen molar-refractivity contribution in [1.29, 1.82) is 0 Å². The van der Waals surface area contributed by atoms with Gasteiger partial charge in [-0.2, -0.15) is 14.9 Å². The smallest absolute Gasteiger partial charge is 0.280 e. The number of ether oxygens (including phenoxy) is 1. The number of rotatable bonds is 3. The van der Waals surface area contributed by atoms with Gasteiger partial charge in [0.15, 0.2) is 11.5 Å². The first-order chi connectivity index (χ1) is 10.9. The zero-order valence-electron chi connectivity index (χ0n) is 11.7. The number of nitrogens with zero attached hydrogens (tertiary/aromatic N) is 5. The van der Waals surface area contributed by atoms with Gasteiger partial charge in [-0.05, 0) is 12.1 Å². The molecule has 3 heterocycles. The maximum Gasteiger partial charge on any atom is 0.280 e. The highest BCUT2D eigenvalue weighted by Crippen LogP contribution is 2.18. The summed E-state index contributed by atoms with van der Waals surface area (Å²) >= 11 is 0. The van der Waals surface area contributed by atoms with Crippen molar-refractivity contribution in [2.45, 2.75) is 6.04 Å². The van der Waals surface area contributed by atoms with Gasteiger partial charge in [0.25, 0.3) is 5.89 Å². The summed E-state index contributed by atoms with van der Waals surface area (Å²) in [7, 11) is 0. The molecule has 0 saturated carbocycles. The minimum atomic E-state index is -0.0459. The van der Waals surface area contributed by atoms with E-state index in [1.807, 2.05) is 30.3 Å². The molecule has 4 rings (SSSR count). The van der Waals surface area contributed by atoms with E-state index >= 15 is 0 Å². The molecule has 1 atom stereocenters. The van der Waals surface area contributed by atoms with Crippen LogP contribution >= 0.6 is 0 Å². The third-order valence-corrected chi connectivity index (χ3v) is 3.37. The highest BCUT2D eigenvalue weighted by Gasteiger charge is 2.22. The number of morpholine rings is 1. The second kappa shape index (κ2) is 5.66. The first-order valence-corrected chi connectivity index (χ1v) is 7.03. The lowest BCUT2D eigenvalue weighted by molar-refractivity contribution is 0.0734. The highest BCUT2D eigenvalue weighted by atomic mass is 16.5. The Morgan fingerprint density at radius 1 is 1.23 bits per heavy atom. The summed E-state index contributed by atoms with van der Waals surface area (Å²) in [4.78, 5) is 5.90. The lowest BCUT2D eigenvalue weighted by atomic mass is 10.2. The summed E-state index contributed by atoms with van der Waals surface area (Å²) in [6.45, 7) is 2.01. The molecule has 0 aliphatic carbocycles. The average Bonchev–Trinajstić information content (AvgIpc) is 3.26. The predicted octanol–water partition coefficient (Wildman–Crippen LogP) is 0.978. The van der Waals surface area contributed by atoms with Gasteiger partial charge in [0.1, 0.15) is 0 Å². The van der Waals surface area contributed by atoms with Crippen LogP contribution in [0.5, 0.6) is 0 Å². The molecule has 1 aliphatic rings. The van der Waals surface area contributed by atoms with Gasteiger partial charge >= 0.3 is 0 Å². The Morgan fingerprint density at radius 2 is 2.14 bits per heavy atom. The molecule has 0 amide bonds. The first-order valence-electron chi connectivity index (χ1n) is 7.03. The first kappa shape index (κ1) is 13.1. The van der Waals surface area contributed by atoms with Gasteiger partial charge in [0.05, 0.1) is 31.1 Å². The minimum absolute atomic E-state index is 0.0459. The Kier molecular flexibility index (Phi) is 3.37. The molecular weight excluding hydrogens is 284 g/mol. The van der Waals surface area contributed by atoms with E-state index in [1.54, 1.807) is 6.20 Å². The standard InChI is InChI=1S/C14H14N6O2/c1-2-4-10(5-3-1)20-16-8-11(18-20)14-17-13(19-22-14)12-9-21-7-6-15-12/h1-5,8,12,15H,6-7,9H2. The fraction of sp³-hybridized carbons (Fsp3) is 0.286. The largest absolute Gasteiger partial charge is 0.378 e. The molecule has 1 saturated heterocycles. The Hall–Kier alpha value is -2.58. The SMILES string of the molecule is c1ccc(-n2ncc(-c3nc(C4COCCN4)no3)n2)cc1. The van der Waals surface area contributed by atoms with E-state index in [9.17, 15) is 0 Å². The molecule has 1 aliphatic heterocycles. The molecule has 1 aromatic carbocycles. The van der Waals surface area contributed by atoms with Crippen molar-refractivity contribution in [3.63, 3.8) is 0 Å². The van der Waals surface area contributed by atoms with Gasteiger partial charge in [-0.15, -0.1) is 5.10 Å². The molecule has 8 heteroatoms. The Bertz CT molecular complexity index is 748. The summed E-state index contributed by atoms with van der Waals surface area (Å²) < 4.78 is 10.7. The normalized spacial score (nSPS) is 18.5. The van der Waals surface area contributed by atoms with E-state index in [0.717, 1.165) is 12.2 Å². The molecule has 3 aromatic rings. The van der Waals surface area contributed by atoms with Crippen molar-refractivity contribution in [1.82, 2.24) is 30.5 Å². The maximum atomic E-state index is 5.40. The van der Waals surface area contributed by atoms with Crippen molar-refractivity contribution in [3.05, 3.63) is 42.4 Å². The fourth-order valence-electron chi connectivity index (χ4n) is 2.26. The third kappa shape index (κ3) is 2.49. The van der Waals surface area contributed by atoms with Gasteiger partial charge in [-0.3, -0.25) is 0 Å². The van der Waals surface area contributed by atoms with Crippen molar-refractivity contribution < 1.29 is 9.26 Å². The van der Waals surface area contributed by atoms with E-state index in [4.69, 9.17) is 9.26 Å². The zero-order chi connectivity index (χ0) is 14.8. The molecule has 112 valence electrons. The van der Waals surface area contributed by atoms with Crippen LogP contribution in [-0.4, -0.2) is 44.9 Å². The molecule has 22 heavy (non-hydrogen) atoms. The molecule has 0 radical (unpaired) electrons. The lowest BCUT2D eigenvalue weighted by Gasteiger charge is -2.20. The number of nitrogens with one attached hydrogen (secondary N) is 1. The zero-order valence-corrected chi connectivity index (χ0v) is 11.7. The van der Waals surface area contributed by atoms with Crippen LogP contribution in [0, 0.1) is 0 Å². The quantitative estimate of drug-likeness (QED) is 0.770. The second-order valence-corrected chi connectivity index (χ2v) is 4.89. The second-order valence-electron chi connectivity index (χ2n) is 4.89. The van der Waals surface area contributed by atoms with Gasteiger partial charge < -0.3 is 14.6 Å². The van der Waals surface area contributed by atoms with Crippen molar-refractivity contribution in [3.8, 4) is 17.3 Å². The van der Waals surface area contributed by atoms with E-state index in [2.05, 4.69) is 25.7 Å². The summed E-state index contributed by atoms with van der Waals surface area (Å²) in [6.07, 6.45) is 1.61. The van der Waals surface area contributed by atoms with Crippen LogP contribution in [0.4, 0.5) is 0 Å². The average molecular weight is 298 g/mol. The summed E-state index contributed by atoms with van der Waals surface area (Å²) in [6, 6.07) is 9.60. The molecule has 1 fully saturated rings. The van der Waals surface area contributed by atoms with E-state index < -0.39 is 0 Å². The number of aromatic nitrogens is 5. The van der Waals surface area contributed by atoms with Crippen LogP contribution in [0.15, 0.2) is 41.1 Å². The molecule has 0 bridgehead atoms. The van der Waals surface area contributed by atoms with Crippen molar-refractivity contribution in [2.75, 3.05) is 19.8 Å². The molecule has 0 spiro atoms. The maximum absolute atomic E-state index is 5.40. The van der Waals surface area contributed by atoms with Crippen LogP contribution in [0.1, 0.15) is 11.9 Å². The van der Waals surface area contributed by atoms with E-state index in [0.29, 0.717) is 30.6 Å². The highest BCUT2D eigenvalue weighted by molar-refractivity contribution is 5.44. The molecule has 1 N–H and O–H groups in total. The summed E-state index contributed by atoms with van der Waals surface area (Å²) in [5, 5.41) is 15.9. The number of hydrogen-bond donors (Lipinski definition) is 1. The van der Waals surface area contributed by atoms with Gasteiger partial charge in [-0.25, -0.2) is 0 Å². The molecule has 2 aromatic heterocycles. The molecule has 1 unspecified atom stereocenters. The van der Waals surface area contributed by atoms with Gasteiger partial charge in [0, 0.05) is 6.54 Å².